The lowest BCUT2D eigenvalue weighted by atomic mass is 10.0. The lowest BCUT2D eigenvalue weighted by molar-refractivity contribution is 0.202. The fourth-order valence-corrected chi connectivity index (χ4v) is 4.57. The average molecular weight is 392 g/mol. The fourth-order valence-electron chi connectivity index (χ4n) is 3.80. The van der Waals surface area contributed by atoms with Gasteiger partial charge in [0.15, 0.2) is 5.82 Å². The Morgan fingerprint density at radius 3 is 2.59 bits per heavy atom. The van der Waals surface area contributed by atoms with Crippen molar-refractivity contribution in [3.63, 3.8) is 0 Å². The molecule has 27 heavy (non-hydrogen) atoms. The molecule has 148 valence electrons. The van der Waals surface area contributed by atoms with E-state index in [1.54, 1.807) is 0 Å². The molecule has 1 saturated heterocycles. The van der Waals surface area contributed by atoms with E-state index < -0.39 is 10.0 Å². The van der Waals surface area contributed by atoms with Gasteiger partial charge in [0.2, 0.25) is 10.0 Å². The van der Waals surface area contributed by atoms with Crippen LogP contribution in [0.15, 0.2) is 30.3 Å². The molecule has 0 radical (unpaired) electrons. The molecular formula is C19H29N5O2S. The van der Waals surface area contributed by atoms with Crippen molar-refractivity contribution in [3.8, 4) is 11.4 Å². The molecule has 1 aliphatic rings. The van der Waals surface area contributed by atoms with Crippen LogP contribution >= 0.6 is 0 Å². The Balaban J connectivity index is 1.82. The van der Waals surface area contributed by atoms with E-state index in [1.165, 1.54) is 6.26 Å². The summed E-state index contributed by atoms with van der Waals surface area (Å²) >= 11 is 0. The van der Waals surface area contributed by atoms with Crippen LogP contribution in [0.25, 0.3) is 11.4 Å². The van der Waals surface area contributed by atoms with E-state index in [4.69, 9.17) is 4.98 Å². The third-order valence-electron chi connectivity index (χ3n) is 5.28. The number of nitrogens with one attached hydrogen (secondary N) is 2. The molecule has 2 unspecified atom stereocenters. The first-order valence-corrected chi connectivity index (χ1v) is 11.5. The zero-order valence-electron chi connectivity index (χ0n) is 16.2. The molecule has 3 rings (SSSR count). The van der Waals surface area contributed by atoms with E-state index >= 15 is 0 Å². The zero-order valence-corrected chi connectivity index (χ0v) is 17.0. The molecule has 1 aliphatic heterocycles. The summed E-state index contributed by atoms with van der Waals surface area (Å²) in [5.74, 6) is 2.06. The highest BCUT2D eigenvalue weighted by atomic mass is 32.2. The van der Waals surface area contributed by atoms with Crippen LogP contribution in [0, 0.1) is 5.92 Å². The quantitative estimate of drug-likeness (QED) is 0.722. The molecule has 0 saturated carbocycles. The highest BCUT2D eigenvalue weighted by Crippen LogP contribution is 2.32. The number of sulfonamides is 1. The van der Waals surface area contributed by atoms with E-state index in [9.17, 15) is 8.42 Å². The van der Waals surface area contributed by atoms with Gasteiger partial charge in [-0.3, -0.25) is 10.00 Å². The van der Waals surface area contributed by atoms with Gasteiger partial charge in [0.05, 0.1) is 12.3 Å². The summed E-state index contributed by atoms with van der Waals surface area (Å²) in [6.45, 7) is 6.03. The van der Waals surface area contributed by atoms with Crippen molar-refractivity contribution in [2.45, 2.75) is 45.2 Å². The predicted octanol–water partition coefficient (Wildman–Crippen LogP) is 2.57. The molecule has 2 heterocycles. The molecule has 1 fully saturated rings. The van der Waals surface area contributed by atoms with E-state index in [2.05, 4.69) is 33.7 Å². The number of aromatic amines is 1. The molecule has 2 aromatic rings. The highest BCUT2D eigenvalue weighted by molar-refractivity contribution is 7.88. The summed E-state index contributed by atoms with van der Waals surface area (Å²) in [6.07, 6.45) is 4.12. The monoisotopic (exact) mass is 391 g/mol. The summed E-state index contributed by atoms with van der Waals surface area (Å²) in [5, 5.41) is 7.47. The molecule has 0 bridgehead atoms. The molecular weight excluding hydrogens is 362 g/mol. The van der Waals surface area contributed by atoms with Gasteiger partial charge in [-0.1, -0.05) is 57.0 Å². The second kappa shape index (κ2) is 8.50. The number of benzene rings is 1. The van der Waals surface area contributed by atoms with Gasteiger partial charge in [-0.25, -0.2) is 18.1 Å². The van der Waals surface area contributed by atoms with Crippen molar-refractivity contribution >= 4 is 10.0 Å². The van der Waals surface area contributed by atoms with Gasteiger partial charge in [-0.2, -0.15) is 5.10 Å². The number of nitrogens with zero attached hydrogens (tertiary/aromatic N) is 3. The molecule has 1 aromatic heterocycles. The number of hydrogen-bond acceptors (Lipinski definition) is 5. The normalized spacial score (nSPS) is 21.2. The Kier molecular flexibility index (Phi) is 6.29. The van der Waals surface area contributed by atoms with E-state index in [1.807, 2.05) is 30.3 Å². The summed E-state index contributed by atoms with van der Waals surface area (Å²) in [4.78, 5) is 7.06. The molecule has 8 heteroatoms. The minimum atomic E-state index is -3.24. The number of rotatable bonds is 8. The first-order valence-electron chi connectivity index (χ1n) is 9.58. The molecule has 1 aromatic carbocycles. The molecule has 0 amide bonds. The van der Waals surface area contributed by atoms with Gasteiger partial charge in [0.25, 0.3) is 0 Å². The Labute approximate surface area is 161 Å². The molecule has 2 atom stereocenters. The molecule has 7 nitrogen and oxygen atoms in total. The van der Waals surface area contributed by atoms with Crippen molar-refractivity contribution < 1.29 is 8.42 Å². The number of aromatic nitrogens is 3. The van der Waals surface area contributed by atoms with Gasteiger partial charge in [0.1, 0.15) is 5.82 Å². The second-order valence-electron chi connectivity index (χ2n) is 7.39. The minimum Gasteiger partial charge on any atom is -0.291 e. The van der Waals surface area contributed by atoms with Crippen LogP contribution in [0.3, 0.4) is 0 Å². The van der Waals surface area contributed by atoms with Crippen LogP contribution in [0.1, 0.15) is 45.0 Å². The van der Waals surface area contributed by atoms with Crippen molar-refractivity contribution in [2.24, 2.45) is 5.92 Å². The fraction of sp³-hybridized carbons (Fsp3) is 0.579. The number of likely N-dealkylation sites (tertiary alicyclic amines) is 1. The number of H-pyrrole nitrogens is 1. The van der Waals surface area contributed by atoms with Gasteiger partial charge in [-0.05, 0) is 12.3 Å². The molecule has 0 aliphatic carbocycles. The van der Waals surface area contributed by atoms with Crippen LogP contribution in [0.4, 0.5) is 0 Å². The van der Waals surface area contributed by atoms with E-state index in [0.29, 0.717) is 24.7 Å². The maximum atomic E-state index is 11.7. The topological polar surface area (TPSA) is 91.0 Å². The first-order chi connectivity index (χ1) is 12.9. The first kappa shape index (κ1) is 20.0. The third kappa shape index (κ3) is 5.15. The van der Waals surface area contributed by atoms with Crippen molar-refractivity contribution in [3.05, 3.63) is 36.2 Å². The van der Waals surface area contributed by atoms with Crippen LogP contribution in [0.2, 0.25) is 0 Å². The number of hydrogen-bond donors (Lipinski definition) is 2. The maximum Gasteiger partial charge on any atom is 0.208 e. The van der Waals surface area contributed by atoms with Crippen molar-refractivity contribution in [1.29, 1.82) is 0 Å². The van der Waals surface area contributed by atoms with Crippen LogP contribution in [-0.2, 0) is 10.0 Å². The van der Waals surface area contributed by atoms with E-state index in [0.717, 1.165) is 30.8 Å². The summed E-state index contributed by atoms with van der Waals surface area (Å²) in [6, 6.07) is 9.79. The Morgan fingerprint density at radius 1 is 1.26 bits per heavy atom. The van der Waals surface area contributed by atoms with Gasteiger partial charge >= 0.3 is 0 Å². The van der Waals surface area contributed by atoms with E-state index in [-0.39, 0.29) is 12.1 Å². The highest BCUT2D eigenvalue weighted by Gasteiger charge is 2.37. The Hall–Kier alpha value is -1.77. The molecule has 0 spiro atoms. The predicted molar refractivity (Wildman–Crippen MR) is 107 cm³/mol. The summed E-state index contributed by atoms with van der Waals surface area (Å²) < 4.78 is 26.2. The smallest absolute Gasteiger partial charge is 0.208 e. The second-order valence-corrected chi connectivity index (χ2v) is 9.17. The Bertz CT molecular complexity index is 833. The maximum absolute atomic E-state index is 11.7. The van der Waals surface area contributed by atoms with Crippen LogP contribution in [0.5, 0.6) is 0 Å². The lowest BCUT2D eigenvalue weighted by Crippen LogP contribution is -2.37. The largest absolute Gasteiger partial charge is 0.291 e. The average Bonchev–Trinajstić information content (AvgIpc) is 3.26. The van der Waals surface area contributed by atoms with Gasteiger partial charge in [-0.15, -0.1) is 0 Å². The van der Waals surface area contributed by atoms with Crippen LogP contribution in [-0.4, -0.2) is 53.9 Å². The molecule has 2 N–H and O–H groups in total. The SMILES string of the molecule is CCC(CC)CN1CC(NS(C)(=O)=O)CC1c1nc(-c2ccccc2)n[nH]1. The summed E-state index contributed by atoms with van der Waals surface area (Å²) in [7, 11) is -3.24. The lowest BCUT2D eigenvalue weighted by Gasteiger charge is -2.26. The third-order valence-corrected chi connectivity index (χ3v) is 6.04. The van der Waals surface area contributed by atoms with Crippen molar-refractivity contribution in [2.75, 3.05) is 19.3 Å². The minimum absolute atomic E-state index is 0.0369. The van der Waals surface area contributed by atoms with Crippen molar-refractivity contribution in [1.82, 2.24) is 24.8 Å². The van der Waals surface area contributed by atoms with Gasteiger partial charge in [0, 0.05) is 24.7 Å². The van der Waals surface area contributed by atoms with Crippen LogP contribution < -0.4 is 4.72 Å². The summed E-state index contributed by atoms with van der Waals surface area (Å²) in [5.41, 5.74) is 0.968. The van der Waals surface area contributed by atoms with Gasteiger partial charge < -0.3 is 0 Å². The Morgan fingerprint density at radius 2 is 1.96 bits per heavy atom. The zero-order chi connectivity index (χ0) is 19.4. The standard InChI is InChI=1S/C19H29N5O2S/c1-4-14(5-2)12-24-13-16(23-27(3,25)26)11-17(24)19-20-18(21-22-19)15-9-7-6-8-10-15/h6-10,14,16-17,23H,4-5,11-13H2,1-3H3,(H,20,21,22).